The van der Waals surface area contributed by atoms with Crippen LogP contribution >= 0.6 is 0 Å². The van der Waals surface area contributed by atoms with E-state index in [4.69, 9.17) is 0 Å². The van der Waals surface area contributed by atoms with Crippen molar-refractivity contribution in [3.8, 4) is 0 Å². The van der Waals surface area contributed by atoms with Crippen molar-refractivity contribution in [2.45, 2.75) is 26.8 Å². The zero-order valence-corrected chi connectivity index (χ0v) is 10.8. The fourth-order valence-corrected chi connectivity index (χ4v) is 1.98. The average Bonchev–Trinajstić information content (AvgIpc) is 2.37. The van der Waals surface area contributed by atoms with E-state index in [1.807, 2.05) is 50.3 Å². The SMILES string of the molecule is CC1=CCC(C(=O)NCc2ccccc2)=C(C)N1. The van der Waals surface area contributed by atoms with Crippen molar-refractivity contribution in [2.24, 2.45) is 0 Å². The highest BCUT2D eigenvalue weighted by Gasteiger charge is 2.15. The minimum Gasteiger partial charge on any atom is -0.363 e. The molecule has 2 N–H and O–H groups in total. The maximum absolute atomic E-state index is 12.1. The van der Waals surface area contributed by atoms with Crippen molar-refractivity contribution >= 4 is 5.91 Å². The Morgan fingerprint density at radius 1 is 1.28 bits per heavy atom. The zero-order valence-electron chi connectivity index (χ0n) is 10.8. The summed E-state index contributed by atoms with van der Waals surface area (Å²) in [5, 5.41) is 6.14. The molecule has 0 unspecified atom stereocenters. The fraction of sp³-hybridized carbons (Fsp3) is 0.267. The maximum atomic E-state index is 12.1. The molecule has 0 aliphatic carbocycles. The van der Waals surface area contributed by atoms with Crippen molar-refractivity contribution in [3.63, 3.8) is 0 Å². The monoisotopic (exact) mass is 242 g/mol. The smallest absolute Gasteiger partial charge is 0.249 e. The van der Waals surface area contributed by atoms with Crippen molar-refractivity contribution in [1.82, 2.24) is 10.6 Å². The molecule has 0 spiro atoms. The molecule has 0 aromatic heterocycles. The van der Waals surface area contributed by atoms with Gasteiger partial charge in [-0.3, -0.25) is 4.79 Å². The predicted octanol–water partition coefficient (Wildman–Crippen LogP) is 2.47. The van der Waals surface area contributed by atoms with E-state index in [-0.39, 0.29) is 5.91 Å². The Balaban J connectivity index is 1.95. The predicted molar refractivity (Wildman–Crippen MR) is 72.5 cm³/mol. The van der Waals surface area contributed by atoms with E-state index in [2.05, 4.69) is 10.6 Å². The van der Waals surface area contributed by atoms with E-state index in [1.165, 1.54) is 0 Å². The molecule has 1 aromatic carbocycles. The fourth-order valence-electron chi connectivity index (χ4n) is 1.98. The van der Waals surface area contributed by atoms with Gasteiger partial charge in [-0.15, -0.1) is 0 Å². The number of hydrogen-bond acceptors (Lipinski definition) is 2. The van der Waals surface area contributed by atoms with E-state index < -0.39 is 0 Å². The molecule has 0 fully saturated rings. The Hall–Kier alpha value is -2.03. The van der Waals surface area contributed by atoms with Crippen LogP contribution in [0.4, 0.5) is 0 Å². The van der Waals surface area contributed by atoms with E-state index in [0.29, 0.717) is 13.0 Å². The summed E-state index contributed by atoms with van der Waals surface area (Å²) in [6.45, 7) is 4.51. The largest absolute Gasteiger partial charge is 0.363 e. The molecule has 1 aliphatic rings. The molecule has 1 heterocycles. The Bertz CT molecular complexity index is 500. The van der Waals surface area contributed by atoms with Gasteiger partial charge in [-0.05, 0) is 25.8 Å². The summed E-state index contributed by atoms with van der Waals surface area (Å²) in [5.41, 5.74) is 3.98. The van der Waals surface area contributed by atoms with Gasteiger partial charge in [0.2, 0.25) is 5.91 Å². The van der Waals surface area contributed by atoms with Crippen molar-refractivity contribution < 1.29 is 4.79 Å². The van der Waals surface area contributed by atoms with Gasteiger partial charge in [0.15, 0.2) is 0 Å². The number of carbonyl (C=O) groups excluding carboxylic acids is 1. The van der Waals surface area contributed by atoms with E-state index in [9.17, 15) is 4.79 Å². The van der Waals surface area contributed by atoms with Gasteiger partial charge >= 0.3 is 0 Å². The first-order valence-corrected chi connectivity index (χ1v) is 6.12. The van der Waals surface area contributed by atoms with Crippen LogP contribution < -0.4 is 10.6 Å². The minimum atomic E-state index is 0.00704. The molecule has 1 amide bonds. The Morgan fingerprint density at radius 2 is 2.00 bits per heavy atom. The van der Waals surface area contributed by atoms with Crippen molar-refractivity contribution in [3.05, 3.63) is 58.9 Å². The Morgan fingerprint density at radius 3 is 2.67 bits per heavy atom. The van der Waals surface area contributed by atoms with Crippen LogP contribution in [0.3, 0.4) is 0 Å². The molecule has 0 saturated heterocycles. The maximum Gasteiger partial charge on any atom is 0.249 e. The molecule has 0 saturated carbocycles. The number of hydrogen-bond donors (Lipinski definition) is 2. The molecular weight excluding hydrogens is 224 g/mol. The number of carbonyl (C=O) groups is 1. The molecule has 0 bridgehead atoms. The van der Waals surface area contributed by atoms with Gasteiger partial charge in [-0.2, -0.15) is 0 Å². The van der Waals surface area contributed by atoms with Gasteiger partial charge in [0, 0.05) is 23.5 Å². The summed E-state index contributed by atoms with van der Waals surface area (Å²) in [6, 6.07) is 9.92. The molecule has 1 aliphatic heterocycles. The standard InChI is InChI=1S/C15H18N2O/c1-11-8-9-14(12(2)17-11)15(18)16-10-13-6-4-3-5-7-13/h3-8,17H,9-10H2,1-2H3,(H,16,18). The first-order valence-electron chi connectivity index (χ1n) is 6.12. The third-order valence-corrected chi connectivity index (χ3v) is 3.02. The van der Waals surface area contributed by atoms with Crippen LogP contribution in [0, 0.1) is 0 Å². The van der Waals surface area contributed by atoms with Gasteiger partial charge in [0.1, 0.15) is 0 Å². The number of allylic oxidation sites excluding steroid dienone is 3. The molecule has 1 aromatic rings. The lowest BCUT2D eigenvalue weighted by Crippen LogP contribution is -2.28. The van der Waals surface area contributed by atoms with Gasteiger partial charge < -0.3 is 10.6 Å². The van der Waals surface area contributed by atoms with Crippen LogP contribution in [0.1, 0.15) is 25.8 Å². The van der Waals surface area contributed by atoms with Gasteiger partial charge in [-0.25, -0.2) is 0 Å². The second-order valence-corrected chi connectivity index (χ2v) is 4.49. The highest BCUT2D eigenvalue weighted by atomic mass is 16.1. The number of benzene rings is 1. The highest BCUT2D eigenvalue weighted by molar-refractivity contribution is 5.94. The van der Waals surface area contributed by atoms with E-state index >= 15 is 0 Å². The summed E-state index contributed by atoms with van der Waals surface area (Å²) >= 11 is 0. The summed E-state index contributed by atoms with van der Waals surface area (Å²) < 4.78 is 0. The van der Waals surface area contributed by atoms with Crippen LogP contribution in [0.15, 0.2) is 53.4 Å². The molecule has 18 heavy (non-hydrogen) atoms. The van der Waals surface area contributed by atoms with Gasteiger partial charge in [-0.1, -0.05) is 36.4 Å². The second kappa shape index (κ2) is 5.54. The highest BCUT2D eigenvalue weighted by Crippen LogP contribution is 2.15. The normalized spacial score (nSPS) is 14.9. The van der Waals surface area contributed by atoms with Crippen LogP contribution in [-0.4, -0.2) is 5.91 Å². The van der Waals surface area contributed by atoms with Gasteiger partial charge in [0.25, 0.3) is 0 Å². The molecule has 3 heteroatoms. The topological polar surface area (TPSA) is 41.1 Å². The average molecular weight is 242 g/mol. The van der Waals surface area contributed by atoms with Crippen LogP contribution in [0.5, 0.6) is 0 Å². The number of rotatable bonds is 3. The molecule has 0 atom stereocenters. The Labute approximate surface area is 108 Å². The van der Waals surface area contributed by atoms with Crippen molar-refractivity contribution in [2.75, 3.05) is 0 Å². The van der Waals surface area contributed by atoms with E-state index in [0.717, 1.165) is 22.5 Å². The number of nitrogens with one attached hydrogen (secondary N) is 2. The first-order chi connectivity index (χ1) is 8.66. The zero-order chi connectivity index (χ0) is 13.0. The van der Waals surface area contributed by atoms with Gasteiger partial charge in [0.05, 0.1) is 0 Å². The molecule has 2 rings (SSSR count). The second-order valence-electron chi connectivity index (χ2n) is 4.49. The quantitative estimate of drug-likeness (QED) is 0.855. The summed E-state index contributed by atoms with van der Waals surface area (Å²) in [6.07, 6.45) is 2.73. The van der Waals surface area contributed by atoms with Crippen LogP contribution in [0.2, 0.25) is 0 Å². The summed E-state index contributed by atoms with van der Waals surface area (Å²) in [5.74, 6) is 0.00704. The molecule has 3 nitrogen and oxygen atoms in total. The first kappa shape index (κ1) is 12.4. The number of amides is 1. The summed E-state index contributed by atoms with van der Waals surface area (Å²) in [7, 11) is 0. The van der Waals surface area contributed by atoms with Crippen LogP contribution in [-0.2, 0) is 11.3 Å². The molecule has 94 valence electrons. The molecule has 0 radical (unpaired) electrons. The third kappa shape index (κ3) is 3.00. The third-order valence-electron chi connectivity index (χ3n) is 3.02. The van der Waals surface area contributed by atoms with Crippen molar-refractivity contribution in [1.29, 1.82) is 0 Å². The molecular formula is C15H18N2O. The Kier molecular flexibility index (Phi) is 3.82. The lowest BCUT2D eigenvalue weighted by Gasteiger charge is -2.18. The van der Waals surface area contributed by atoms with Crippen LogP contribution in [0.25, 0.3) is 0 Å². The lowest BCUT2D eigenvalue weighted by atomic mass is 10.1. The summed E-state index contributed by atoms with van der Waals surface area (Å²) in [4.78, 5) is 12.1. The minimum absolute atomic E-state index is 0.00704. The van der Waals surface area contributed by atoms with E-state index in [1.54, 1.807) is 0 Å². The number of dihydropyridines is 1. The lowest BCUT2D eigenvalue weighted by molar-refractivity contribution is -0.117.